The Hall–Kier alpha value is -4.54. The highest BCUT2D eigenvalue weighted by Crippen LogP contribution is 2.50. The molecule has 4 nitrogen and oxygen atoms in total. The van der Waals surface area contributed by atoms with E-state index in [2.05, 4.69) is 17.0 Å². The number of para-hydroxylation sites is 4. The van der Waals surface area contributed by atoms with Crippen LogP contribution < -0.4 is 9.64 Å². The molecule has 0 aliphatic carbocycles. The van der Waals surface area contributed by atoms with Crippen LogP contribution in [-0.2, 0) is 0 Å². The SMILES string of the molecule is N#Cc1ccc(C#N)c(-c2ccc(N3c4ccccc4Oc4ccccc43)cc2)c1. The Morgan fingerprint density at radius 1 is 0.667 bits per heavy atom. The Morgan fingerprint density at radius 3 is 1.90 bits per heavy atom. The lowest BCUT2D eigenvalue weighted by Gasteiger charge is -2.32. The maximum Gasteiger partial charge on any atom is 0.151 e. The molecule has 0 radical (unpaired) electrons. The van der Waals surface area contributed by atoms with Crippen molar-refractivity contribution in [3.05, 3.63) is 102 Å². The second-order valence-electron chi connectivity index (χ2n) is 6.90. The van der Waals surface area contributed by atoms with Crippen molar-refractivity contribution in [3.8, 4) is 34.8 Å². The number of anilines is 3. The monoisotopic (exact) mass is 385 g/mol. The first-order valence-corrected chi connectivity index (χ1v) is 9.49. The molecule has 0 atom stereocenters. The van der Waals surface area contributed by atoms with Crippen LogP contribution in [0.5, 0.6) is 11.5 Å². The fourth-order valence-corrected chi connectivity index (χ4v) is 3.72. The van der Waals surface area contributed by atoms with Gasteiger partial charge in [0.05, 0.1) is 34.6 Å². The second-order valence-corrected chi connectivity index (χ2v) is 6.90. The van der Waals surface area contributed by atoms with Crippen LogP contribution in [0.2, 0.25) is 0 Å². The number of nitriles is 2. The summed E-state index contributed by atoms with van der Waals surface area (Å²) in [6.45, 7) is 0. The van der Waals surface area contributed by atoms with Gasteiger partial charge in [-0.3, -0.25) is 0 Å². The summed E-state index contributed by atoms with van der Waals surface area (Å²) in [7, 11) is 0. The van der Waals surface area contributed by atoms with Crippen LogP contribution in [0.4, 0.5) is 17.1 Å². The van der Waals surface area contributed by atoms with Crippen molar-refractivity contribution in [3.63, 3.8) is 0 Å². The van der Waals surface area contributed by atoms with E-state index in [-0.39, 0.29) is 0 Å². The van der Waals surface area contributed by atoms with Crippen molar-refractivity contribution < 1.29 is 4.74 Å². The van der Waals surface area contributed by atoms with Gasteiger partial charge >= 0.3 is 0 Å². The zero-order chi connectivity index (χ0) is 20.5. The summed E-state index contributed by atoms with van der Waals surface area (Å²) in [6, 6.07) is 33.3. The molecule has 0 saturated carbocycles. The smallest absolute Gasteiger partial charge is 0.151 e. The zero-order valence-electron chi connectivity index (χ0n) is 15.9. The van der Waals surface area contributed by atoms with Gasteiger partial charge in [-0.05, 0) is 60.2 Å². The molecule has 0 fully saturated rings. The summed E-state index contributed by atoms with van der Waals surface area (Å²) >= 11 is 0. The van der Waals surface area contributed by atoms with E-state index in [0.29, 0.717) is 11.1 Å². The minimum Gasteiger partial charge on any atom is -0.453 e. The van der Waals surface area contributed by atoms with Crippen LogP contribution in [0.1, 0.15) is 11.1 Å². The molecule has 1 heterocycles. The Bertz CT molecular complexity index is 1300. The fourth-order valence-electron chi connectivity index (χ4n) is 3.72. The number of nitrogens with zero attached hydrogens (tertiary/aromatic N) is 3. The molecule has 0 N–H and O–H groups in total. The molecule has 0 bridgehead atoms. The van der Waals surface area contributed by atoms with E-state index in [0.717, 1.165) is 39.7 Å². The van der Waals surface area contributed by atoms with E-state index >= 15 is 0 Å². The van der Waals surface area contributed by atoms with Crippen molar-refractivity contribution >= 4 is 17.1 Å². The number of hydrogen-bond acceptors (Lipinski definition) is 4. The van der Waals surface area contributed by atoms with Crippen molar-refractivity contribution in [1.82, 2.24) is 0 Å². The molecule has 0 aromatic heterocycles. The van der Waals surface area contributed by atoms with Crippen molar-refractivity contribution in [2.45, 2.75) is 0 Å². The van der Waals surface area contributed by atoms with E-state index in [1.165, 1.54) is 0 Å². The van der Waals surface area contributed by atoms with Gasteiger partial charge in [-0.1, -0.05) is 36.4 Å². The minimum absolute atomic E-state index is 0.532. The zero-order valence-corrected chi connectivity index (χ0v) is 15.9. The van der Waals surface area contributed by atoms with Crippen molar-refractivity contribution in [1.29, 1.82) is 10.5 Å². The summed E-state index contributed by atoms with van der Waals surface area (Å²) in [4.78, 5) is 2.16. The average molecular weight is 385 g/mol. The van der Waals surface area contributed by atoms with Gasteiger partial charge in [0.25, 0.3) is 0 Å². The molecule has 0 unspecified atom stereocenters. The number of ether oxygens (including phenoxy) is 1. The topological polar surface area (TPSA) is 60.0 Å². The summed E-state index contributed by atoms with van der Waals surface area (Å²) < 4.78 is 6.07. The molecule has 4 heteroatoms. The summed E-state index contributed by atoms with van der Waals surface area (Å²) in [5.74, 6) is 1.60. The quantitative estimate of drug-likeness (QED) is 0.340. The molecule has 0 amide bonds. The highest BCUT2D eigenvalue weighted by molar-refractivity contribution is 5.87. The summed E-state index contributed by atoms with van der Waals surface area (Å²) in [5, 5.41) is 18.7. The first kappa shape index (κ1) is 17.6. The Morgan fingerprint density at radius 2 is 1.30 bits per heavy atom. The molecular formula is C26H15N3O. The second kappa shape index (κ2) is 7.13. The molecule has 140 valence electrons. The molecular weight excluding hydrogens is 370 g/mol. The van der Waals surface area contributed by atoms with E-state index in [9.17, 15) is 10.5 Å². The van der Waals surface area contributed by atoms with E-state index in [1.54, 1.807) is 18.2 Å². The summed E-state index contributed by atoms with van der Waals surface area (Å²) in [6.07, 6.45) is 0. The van der Waals surface area contributed by atoms with Gasteiger partial charge in [0, 0.05) is 11.3 Å². The predicted octanol–water partition coefficient (Wildman–Crippen LogP) is 6.67. The van der Waals surface area contributed by atoms with Crippen molar-refractivity contribution in [2.75, 3.05) is 4.90 Å². The molecule has 30 heavy (non-hydrogen) atoms. The molecule has 4 aromatic rings. The van der Waals surface area contributed by atoms with Crippen molar-refractivity contribution in [2.24, 2.45) is 0 Å². The van der Waals surface area contributed by atoms with E-state index in [4.69, 9.17) is 4.74 Å². The maximum atomic E-state index is 9.47. The third-order valence-electron chi connectivity index (χ3n) is 5.14. The van der Waals surface area contributed by atoms with Crippen LogP contribution in [-0.4, -0.2) is 0 Å². The lowest BCUT2D eigenvalue weighted by atomic mass is 9.97. The molecule has 4 aromatic carbocycles. The molecule has 0 spiro atoms. The predicted molar refractivity (Wildman–Crippen MR) is 116 cm³/mol. The van der Waals surface area contributed by atoms with Gasteiger partial charge in [0.2, 0.25) is 0 Å². The van der Waals surface area contributed by atoms with Crippen LogP contribution in [0.15, 0.2) is 91.0 Å². The van der Waals surface area contributed by atoms with Crippen LogP contribution in [0, 0.1) is 22.7 Å². The number of rotatable bonds is 2. The number of fused-ring (bicyclic) bond motifs is 2. The Balaban J connectivity index is 1.62. The lowest BCUT2D eigenvalue weighted by Crippen LogP contribution is -2.15. The van der Waals surface area contributed by atoms with Gasteiger partial charge in [0.1, 0.15) is 0 Å². The van der Waals surface area contributed by atoms with E-state index in [1.807, 2.05) is 72.8 Å². The third kappa shape index (κ3) is 2.85. The van der Waals surface area contributed by atoms with E-state index < -0.39 is 0 Å². The van der Waals surface area contributed by atoms with Crippen LogP contribution in [0.25, 0.3) is 11.1 Å². The van der Waals surface area contributed by atoms with Crippen LogP contribution >= 0.6 is 0 Å². The number of hydrogen-bond donors (Lipinski definition) is 0. The highest BCUT2D eigenvalue weighted by Gasteiger charge is 2.25. The van der Waals surface area contributed by atoms with Gasteiger partial charge in [-0.2, -0.15) is 10.5 Å². The molecule has 1 aliphatic heterocycles. The standard InChI is InChI=1S/C26H15N3O/c27-16-18-9-10-20(17-28)22(15-18)19-11-13-21(14-12-19)29-23-5-1-3-7-25(23)30-26-8-4-2-6-24(26)29/h1-15H. The molecule has 1 aliphatic rings. The lowest BCUT2D eigenvalue weighted by molar-refractivity contribution is 0.477. The Kier molecular flexibility index (Phi) is 4.17. The molecule has 5 rings (SSSR count). The highest BCUT2D eigenvalue weighted by atomic mass is 16.5. The first-order chi connectivity index (χ1) is 14.8. The fraction of sp³-hybridized carbons (Fsp3) is 0. The number of benzene rings is 4. The van der Waals surface area contributed by atoms with Gasteiger partial charge in [0.15, 0.2) is 11.5 Å². The van der Waals surface area contributed by atoms with Gasteiger partial charge < -0.3 is 9.64 Å². The minimum atomic E-state index is 0.532. The Labute approximate surface area is 174 Å². The first-order valence-electron chi connectivity index (χ1n) is 9.49. The normalized spacial score (nSPS) is 11.5. The average Bonchev–Trinajstić information content (AvgIpc) is 2.82. The molecule has 0 saturated heterocycles. The van der Waals surface area contributed by atoms with Gasteiger partial charge in [-0.25, -0.2) is 0 Å². The van der Waals surface area contributed by atoms with Crippen LogP contribution in [0.3, 0.4) is 0 Å². The maximum absolute atomic E-state index is 9.47. The summed E-state index contributed by atoms with van der Waals surface area (Å²) in [5.41, 5.74) is 5.64. The third-order valence-corrected chi connectivity index (χ3v) is 5.14. The largest absolute Gasteiger partial charge is 0.453 e. The van der Waals surface area contributed by atoms with Gasteiger partial charge in [-0.15, -0.1) is 0 Å².